The van der Waals surface area contributed by atoms with Crippen LogP contribution in [0.25, 0.3) is 97.1 Å². The number of fused-ring (bicyclic) bond motifs is 11. The van der Waals surface area contributed by atoms with Crippen molar-refractivity contribution in [1.29, 1.82) is 0 Å². The van der Waals surface area contributed by atoms with E-state index >= 15 is 0 Å². The van der Waals surface area contributed by atoms with Crippen LogP contribution < -0.4 is 4.90 Å². The van der Waals surface area contributed by atoms with E-state index in [4.69, 9.17) is 8.83 Å². The lowest BCUT2D eigenvalue weighted by atomic mass is 10.0. The third-order valence-electron chi connectivity index (χ3n) is 11.3. The number of anilines is 3. The molecule has 0 aliphatic rings. The second kappa shape index (κ2) is 12.2. The van der Waals surface area contributed by atoms with Crippen molar-refractivity contribution in [3.63, 3.8) is 0 Å². The molecule has 0 N–H and O–H groups in total. The van der Waals surface area contributed by atoms with E-state index in [9.17, 15) is 0 Å². The lowest BCUT2D eigenvalue weighted by Crippen LogP contribution is -2.10. The molecule has 4 heteroatoms. The molecule has 3 nitrogen and oxygen atoms in total. The summed E-state index contributed by atoms with van der Waals surface area (Å²) >= 11 is 1.84. The van der Waals surface area contributed by atoms with Gasteiger partial charge in [0.15, 0.2) is 0 Å². The summed E-state index contributed by atoms with van der Waals surface area (Å²) < 4.78 is 14.4. The van der Waals surface area contributed by atoms with Crippen molar-refractivity contribution in [3.05, 3.63) is 188 Å². The van der Waals surface area contributed by atoms with Gasteiger partial charge in [-0.3, -0.25) is 0 Å². The number of thiophene rings is 1. The summed E-state index contributed by atoms with van der Waals surface area (Å²) in [6.45, 7) is 0. The average molecular weight is 734 g/mol. The van der Waals surface area contributed by atoms with E-state index in [2.05, 4.69) is 169 Å². The molecule has 56 heavy (non-hydrogen) atoms. The molecule has 12 rings (SSSR count). The second-order valence-corrected chi connectivity index (χ2v) is 15.6. The first-order chi connectivity index (χ1) is 27.7. The van der Waals surface area contributed by atoms with Crippen LogP contribution in [0.1, 0.15) is 0 Å². The Morgan fingerprint density at radius 3 is 1.41 bits per heavy atom. The van der Waals surface area contributed by atoms with Gasteiger partial charge in [-0.1, -0.05) is 115 Å². The van der Waals surface area contributed by atoms with Gasteiger partial charge in [0.25, 0.3) is 0 Å². The van der Waals surface area contributed by atoms with Crippen LogP contribution in [0.2, 0.25) is 0 Å². The van der Waals surface area contributed by atoms with Crippen LogP contribution in [-0.2, 0) is 0 Å². The van der Waals surface area contributed by atoms with Gasteiger partial charge in [-0.05, 0) is 106 Å². The van der Waals surface area contributed by atoms with Gasteiger partial charge in [-0.2, -0.15) is 0 Å². The van der Waals surface area contributed by atoms with Crippen LogP contribution in [0.4, 0.5) is 17.1 Å². The zero-order valence-electron chi connectivity index (χ0n) is 30.1. The molecular weight excluding hydrogens is 703 g/mol. The molecule has 0 spiro atoms. The third kappa shape index (κ3) is 4.90. The average Bonchev–Trinajstić information content (AvgIpc) is 3.98. The van der Waals surface area contributed by atoms with Crippen LogP contribution in [0.15, 0.2) is 197 Å². The Kier molecular flexibility index (Phi) is 6.80. The molecule has 0 aliphatic heterocycles. The highest BCUT2D eigenvalue weighted by molar-refractivity contribution is 7.22. The normalized spacial score (nSPS) is 11.9. The number of hydrogen-bond donors (Lipinski definition) is 0. The minimum Gasteiger partial charge on any atom is -0.455 e. The van der Waals surface area contributed by atoms with Gasteiger partial charge in [0.2, 0.25) is 0 Å². The fourth-order valence-corrected chi connectivity index (χ4v) is 9.53. The Hall–Kier alpha value is -7.14. The van der Waals surface area contributed by atoms with Gasteiger partial charge < -0.3 is 13.7 Å². The van der Waals surface area contributed by atoms with Crippen molar-refractivity contribution < 1.29 is 8.83 Å². The maximum absolute atomic E-state index is 6.53. The molecule has 0 bridgehead atoms. The molecule has 0 fully saturated rings. The Morgan fingerprint density at radius 2 is 0.821 bits per heavy atom. The van der Waals surface area contributed by atoms with Crippen molar-refractivity contribution >= 4 is 104 Å². The molecule has 9 aromatic carbocycles. The van der Waals surface area contributed by atoms with Crippen molar-refractivity contribution in [3.8, 4) is 21.6 Å². The molecule has 0 saturated heterocycles. The van der Waals surface area contributed by atoms with Gasteiger partial charge in [-0.25, -0.2) is 0 Å². The van der Waals surface area contributed by atoms with Crippen molar-refractivity contribution in [2.45, 2.75) is 0 Å². The standard InChI is InChI=1S/C52H31NO2S/c1-6-12-49-37(7-1)29-50(56-49)36-15-13-32(14-16-36)33-17-23-38(24-18-33)53(39-25-19-34-21-27-43-41-8-2-4-10-47(41)54-51(43)45(34)30-39)40-26-20-35-22-28-44-42-9-3-5-11-48(42)55-52(44)46(35)31-40/h1-31H. The maximum Gasteiger partial charge on any atom is 0.143 e. The first-order valence-electron chi connectivity index (χ1n) is 18.9. The van der Waals surface area contributed by atoms with Crippen LogP contribution in [0.3, 0.4) is 0 Å². The number of para-hydroxylation sites is 2. The van der Waals surface area contributed by atoms with Crippen molar-refractivity contribution in [2.24, 2.45) is 0 Å². The molecule has 0 amide bonds. The van der Waals surface area contributed by atoms with Crippen molar-refractivity contribution in [1.82, 2.24) is 0 Å². The first-order valence-corrected chi connectivity index (χ1v) is 19.7. The molecule has 3 heterocycles. The third-order valence-corrected chi connectivity index (χ3v) is 12.4. The maximum atomic E-state index is 6.53. The molecule has 12 aromatic rings. The molecule has 0 radical (unpaired) electrons. The predicted octanol–water partition coefficient (Wildman–Crippen LogP) is 15.8. The summed E-state index contributed by atoms with van der Waals surface area (Å²) in [6.07, 6.45) is 0. The van der Waals surface area contributed by atoms with E-state index in [1.165, 1.54) is 31.7 Å². The second-order valence-electron chi connectivity index (χ2n) is 14.5. The first kappa shape index (κ1) is 31.2. The van der Waals surface area contributed by atoms with Gasteiger partial charge in [0, 0.05) is 59.0 Å². The molecule has 0 saturated carbocycles. The quantitative estimate of drug-likeness (QED) is 0.176. The predicted molar refractivity (Wildman–Crippen MR) is 237 cm³/mol. The van der Waals surface area contributed by atoms with E-state index < -0.39 is 0 Å². The van der Waals surface area contributed by atoms with Crippen LogP contribution in [0, 0.1) is 0 Å². The number of rotatable bonds is 5. The van der Waals surface area contributed by atoms with Crippen LogP contribution >= 0.6 is 11.3 Å². The number of benzene rings is 9. The van der Waals surface area contributed by atoms with Crippen LogP contribution in [-0.4, -0.2) is 0 Å². The smallest absolute Gasteiger partial charge is 0.143 e. The fraction of sp³-hybridized carbons (Fsp3) is 0. The highest BCUT2D eigenvalue weighted by Crippen LogP contribution is 2.43. The number of nitrogens with zero attached hydrogens (tertiary/aromatic N) is 1. The van der Waals surface area contributed by atoms with Gasteiger partial charge in [0.05, 0.1) is 0 Å². The van der Waals surface area contributed by atoms with Crippen LogP contribution in [0.5, 0.6) is 0 Å². The Labute approximate surface area is 325 Å². The van der Waals surface area contributed by atoms with Crippen molar-refractivity contribution in [2.75, 3.05) is 4.90 Å². The Morgan fingerprint density at radius 1 is 0.339 bits per heavy atom. The van der Waals surface area contributed by atoms with Gasteiger partial charge >= 0.3 is 0 Å². The molecule has 0 unspecified atom stereocenters. The minimum atomic E-state index is 0.897. The van der Waals surface area contributed by atoms with E-state index in [1.54, 1.807) is 0 Å². The minimum absolute atomic E-state index is 0.897. The summed E-state index contributed by atoms with van der Waals surface area (Å²) in [5.74, 6) is 0. The molecule has 0 atom stereocenters. The zero-order chi connectivity index (χ0) is 36.7. The van der Waals surface area contributed by atoms with Gasteiger partial charge in [0.1, 0.15) is 22.3 Å². The fourth-order valence-electron chi connectivity index (χ4n) is 8.46. The Balaban J connectivity index is 0.999. The Bertz CT molecular complexity index is 3290. The lowest BCUT2D eigenvalue weighted by molar-refractivity contribution is 0.672. The lowest BCUT2D eigenvalue weighted by Gasteiger charge is -2.26. The summed E-state index contributed by atoms with van der Waals surface area (Å²) in [5.41, 5.74) is 10.3. The molecule has 3 aromatic heterocycles. The summed E-state index contributed by atoms with van der Waals surface area (Å²) in [4.78, 5) is 3.63. The number of hydrogen-bond acceptors (Lipinski definition) is 4. The summed E-state index contributed by atoms with van der Waals surface area (Å²) in [5, 5.41) is 10.2. The number of furan rings is 2. The van der Waals surface area contributed by atoms with E-state index in [-0.39, 0.29) is 0 Å². The largest absolute Gasteiger partial charge is 0.455 e. The molecule has 262 valence electrons. The molecular formula is C52H31NO2S. The van der Waals surface area contributed by atoms with E-state index in [0.29, 0.717) is 0 Å². The highest BCUT2D eigenvalue weighted by Gasteiger charge is 2.18. The summed E-state index contributed by atoms with van der Waals surface area (Å²) in [6, 6.07) is 67.4. The summed E-state index contributed by atoms with van der Waals surface area (Å²) in [7, 11) is 0. The highest BCUT2D eigenvalue weighted by atomic mass is 32.1. The zero-order valence-corrected chi connectivity index (χ0v) is 30.9. The monoisotopic (exact) mass is 733 g/mol. The van der Waals surface area contributed by atoms with E-state index in [0.717, 1.165) is 82.5 Å². The topological polar surface area (TPSA) is 29.5 Å². The van der Waals surface area contributed by atoms with Gasteiger partial charge in [-0.15, -0.1) is 11.3 Å². The molecule has 0 aliphatic carbocycles. The SMILES string of the molecule is c1ccc2sc(-c3ccc(-c4ccc(N(c5ccc6ccc7c8ccccc8oc7c6c5)c5ccc6ccc7c8ccccc8oc7c6c5)cc4)cc3)cc2c1. The van der Waals surface area contributed by atoms with E-state index in [1.807, 2.05) is 35.6 Å².